The van der Waals surface area contributed by atoms with E-state index in [2.05, 4.69) is 10.7 Å². The van der Waals surface area contributed by atoms with E-state index in [1.807, 2.05) is 25.1 Å². The summed E-state index contributed by atoms with van der Waals surface area (Å²) in [5.74, 6) is -1.23. The minimum Gasteiger partial charge on any atom is -0.459 e. The summed E-state index contributed by atoms with van der Waals surface area (Å²) < 4.78 is 5.04. The highest BCUT2D eigenvalue weighted by atomic mass is 32.1. The average Bonchev–Trinajstić information content (AvgIpc) is 3.22. The molecular formula is C18H18N4O4S. The van der Waals surface area contributed by atoms with Crippen molar-refractivity contribution in [3.05, 3.63) is 54.0 Å². The molecule has 3 amide bonds. The summed E-state index contributed by atoms with van der Waals surface area (Å²) in [4.78, 5) is 38.4. The third kappa shape index (κ3) is 3.98. The van der Waals surface area contributed by atoms with Crippen LogP contribution in [0, 0.1) is 6.92 Å². The number of nitrogens with zero attached hydrogens (tertiary/aromatic N) is 2. The first-order chi connectivity index (χ1) is 12.9. The highest BCUT2D eigenvalue weighted by Gasteiger charge is 2.43. The van der Waals surface area contributed by atoms with Crippen molar-refractivity contribution in [1.82, 2.24) is 15.3 Å². The number of hydrogen-bond acceptors (Lipinski definition) is 5. The first kappa shape index (κ1) is 18.6. The molecule has 8 nitrogen and oxygen atoms in total. The number of hydrogen-bond donors (Lipinski definition) is 2. The second-order valence-electron chi connectivity index (χ2n) is 6.11. The summed E-state index contributed by atoms with van der Waals surface area (Å²) in [5.41, 5.74) is 4.17. The molecule has 1 fully saturated rings. The summed E-state index contributed by atoms with van der Waals surface area (Å²) in [6.07, 6.45) is 1.19. The summed E-state index contributed by atoms with van der Waals surface area (Å²) in [5, 5.41) is 4.08. The molecular weight excluding hydrogens is 368 g/mol. The lowest BCUT2D eigenvalue weighted by Gasteiger charge is -2.23. The van der Waals surface area contributed by atoms with Gasteiger partial charge in [-0.1, -0.05) is 12.1 Å². The normalized spacial score (nSPS) is 16.6. The van der Waals surface area contributed by atoms with Gasteiger partial charge in [0.25, 0.3) is 5.91 Å². The van der Waals surface area contributed by atoms with Crippen molar-refractivity contribution >= 4 is 40.7 Å². The lowest BCUT2D eigenvalue weighted by Crippen LogP contribution is -2.49. The van der Waals surface area contributed by atoms with Crippen LogP contribution in [0.5, 0.6) is 0 Å². The van der Waals surface area contributed by atoms with Crippen LogP contribution in [-0.4, -0.2) is 45.8 Å². The van der Waals surface area contributed by atoms with Crippen LogP contribution in [0.2, 0.25) is 0 Å². The summed E-state index contributed by atoms with van der Waals surface area (Å²) in [7, 11) is 1.50. The van der Waals surface area contributed by atoms with Gasteiger partial charge in [-0.2, -0.15) is 0 Å². The molecule has 9 heteroatoms. The number of amides is 3. The van der Waals surface area contributed by atoms with Crippen molar-refractivity contribution in [2.45, 2.75) is 19.4 Å². The van der Waals surface area contributed by atoms with Crippen molar-refractivity contribution in [2.24, 2.45) is 0 Å². The average molecular weight is 386 g/mol. The minimum atomic E-state index is -0.939. The predicted molar refractivity (Wildman–Crippen MR) is 102 cm³/mol. The van der Waals surface area contributed by atoms with Crippen LogP contribution in [-0.2, 0) is 9.59 Å². The molecule has 1 aromatic carbocycles. The van der Waals surface area contributed by atoms with Gasteiger partial charge in [-0.05, 0) is 49.0 Å². The number of anilines is 1. The Morgan fingerprint density at radius 2 is 2.04 bits per heavy atom. The summed E-state index contributed by atoms with van der Waals surface area (Å²) in [6, 6.07) is 9.43. The number of rotatable bonds is 5. The number of nitrogens with one attached hydrogen (secondary N) is 2. The van der Waals surface area contributed by atoms with Gasteiger partial charge in [0.1, 0.15) is 6.04 Å². The molecule has 1 aliphatic heterocycles. The fourth-order valence-corrected chi connectivity index (χ4v) is 2.97. The number of carbonyl (C=O) groups is 3. The van der Waals surface area contributed by atoms with Gasteiger partial charge in [-0.15, -0.1) is 0 Å². The number of benzene rings is 1. The molecule has 1 aromatic heterocycles. The van der Waals surface area contributed by atoms with Crippen molar-refractivity contribution in [3.63, 3.8) is 0 Å². The number of likely N-dealkylation sites (N-methyl/N-ethyl adjacent to an activating group) is 1. The molecule has 0 saturated carbocycles. The SMILES string of the molecule is Cc1cccc(NC(=O)CC2C(=O)N(C)C(=S)N2NC(=O)c2ccco2)c1. The maximum absolute atomic E-state index is 12.5. The molecule has 1 saturated heterocycles. The van der Waals surface area contributed by atoms with Crippen molar-refractivity contribution in [1.29, 1.82) is 0 Å². The molecule has 0 radical (unpaired) electrons. The molecule has 0 spiro atoms. The van der Waals surface area contributed by atoms with Crippen molar-refractivity contribution in [2.75, 3.05) is 12.4 Å². The van der Waals surface area contributed by atoms with Crippen LogP contribution >= 0.6 is 12.2 Å². The van der Waals surface area contributed by atoms with E-state index in [0.717, 1.165) is 5.56 Å². The summed E-state index contributed by atoms with van der Waals surface area (Å²) in [6.45, 7) is 1.91. The first-order valence-corrected chi connectivity index (χ1v) is 8.59. The summed E-state index contributed by atoms with van der Waals surface area (Å²) >= 11 is 5.22. The van der Waals surface area contributed by atoms with Crippen LogP contribution in [0.1, 0.15) is 22.5 Å². The van der Waals surface area contributed by atoms with E-state index in [4.69, 9.17) is 16.6 Å². The molecule has 1 unspecified atom stereocenters. The lowest BCUT2D eigenvalue weighted by molar-refractivity contribution is -0.130. The molecule has 0 bridgehead atoms. The number of aryl methyl sites for hydroxylation is 1. The fraction of sp³-hybridized carbons (Fsp3) is 0.222. The molecule has 3 rings (SSSR count). The highest BCUT2D eigenvalue weighted by molar-refractivity contribution is 7.80. The molecule has 1 aliphatic rings. The Kier molecular flexibility index (Phi) is 5.22. The fourth-order valence-electron chi connectivity index (χ4n) is 2.71. The van der Waals surface area contributed by atoms with Crippen LogP contribution in [0.15, 0.2) is 47.1 Å². The van der Waals surface area contributed by atoms with Gasteiger partial charge in [0.15, 0.2) is 10.9 Å². The van der Waals surface area contributed by atoms with Gasteiger partial charge in [-0.25, -0.2) is 5.01 Å². The molecule has 0 aliphatic carbocycles. The zero-order valence-corrected chi connectivity index (χ0v) is 15.6. The van der Waals surface area contributed by atoms with E-state index >= 15 is 0 Å². The van der Waals surface area contributed by atoms with Gasteiger partial charge in [0.05, 0.1) is 12.7 Å². The predicted octanol–water partition coefficient (Wildman–Crippen LogP) is 1.69. The van der Waals surface area contributed by atoms with E-state index in [9.17, 15) is 14.4 Å². The van der Waals surface area contributed by atoms with E-state index < -0.39 is 11.9 Å². The Bertz CT molecular complexity index is 897. The number of carbonyl (C=O) groups excluding carboxylic acids is 3. The van der Waals surface area contributed by atoms with E-state index in [-0.39, 0.29) is 29.1 Å². The molecule has 140 valence electrons. The maximum Gasteiger partial charge on any atom is 0.305 e. The Labute approximate surface area is 161 Å². The smallest absolute Gasteiger partial charge is 0.305 e. The Morgan fingerprint density at radius 1 is 1.26 bits per heavy atom. The van der Waals surface area contributed by atoms with Crippen molar-refractivity contribution in [3.8, 4) is 0 Å². The van der Waals surface area contributed by atoms with Gasteiger partial charge >= 0.3 is 5.91 Å². The second kappa shape index (κ2) is 7.58. The zero-order chi connectivity index (χ0) is 19.6. The topological polar surface area (TPSA) is 94.9 Å². The quantitative estimate of drug-likeness (QED) is 0.760. The van der Waals surface area contributed by atoms with E-state index in [0.29, 0.717) is 5.69 Å². The Hall–Kier alpha value is -3.20. The van der Waals surface area contributed by atoms with Gasteiger partial charge in [-0.3, -0.25) is 24.7 Å². The van der Waals surface area contributed by atoms with Crippen LogP contribution in [0.25, 0.3) is 0 Å². The number of hydrazine groups is 1. The van der Waals surface area contributed by atoms with Crippen LogP contribution in [0.3, 0.4) is 0 Å². The van der Waals surface area contributed by atoms with Crippen molar-refractivity contribution < 1.29 is 18.8 Å². The Balaban J connectivity index is 1.72. The molecule has 2 N–H and O–H groups in total. The monoisotopic (exact) mass is 386 g/mol. The largest absolute Gasteiger partial charge is 0.459 e. The van der Waals surface area contributed by atoms with Gasteiger partial charge in [0, 0.05) is 12.7 Å². The third-order valence-corrected chi connectivity index (χ3v) is 4.54. The molecule has 1 atom stereocenters. The van der Waals surface area contributed by atoms with E-state index in [1.165, 1.54) is 29.3 Å². The van der Waals surface area contributed by atoms with Gasteiger partial charge < -0.3 is 9.73 Å². The van der Waals surface area contributed by atoms with Gasteiger partial charge in [0.2, 0.25) is 5.91 Å². The maximum atomic E-state index is 12.5. The second-order valence-corrected chi connectivity index (χ2v) is 6.47. The molecule has 2 aromatic rings. The molecule has 2 heterocycles. The molecule has 27 heavy (non-hydrogen) atoms. The van der Waals surface area contributed by atoms with E-state index in [1.54, 1.807) is 12.1 Å². The number of thiocarbonyl (C=S) groups is 1. The zero-order valence-electron chi connectivity index (χ0n) is 14.8. The Morgan fingerprint density at radius 3 is 2.70 bits per heavy atom. The first-order valence-electron chi connectivity index (χ1n) is 8.18. The third-order valence-electron chi connectivity index (χ3n) is 4.07. The van der Waals surface area contributed by atoms with Crippen LogP contribution in [0.4, 0.5) is 5.69 Å². The van der Waals surface area contributed by atoms with Crippen LogP contribution < -0.4 is 10.7 Å². The lowest BCUT2D eigenvalue weighted by atomic mass is 10.1. The highest BCUT2D eigenvalue weighted by Crippen LogP contribution is 2.19. The number of furan rings is 1. The standard InChI is InChI=1S/C18H18N4O4S/c1-11-5-3-6-12(9-11)19-15(23)10-13-17(25)21(2)18(27)22(13)20-16(24)14-7-4-8-26-14/h3-9,13H,10H2,1-2H3,(H,19,23)(H,20,24). The minimum absolute atomic E-state index is 0.0720.